The van der Waals surface area contributed by atoms with Crippen LogP contribution in [0, 0.1) is 0 Å². The average molecular weight is 419 g/mol. The Labute approximate surface area is 162 Å². The first-order valence-electron chi connectivity index (χ1n) is 8.65. The van der Waals surface area contributed by atoms with Crippen molar-refractivity contribution in [2.24, 2.45) is 5.73 Å². The number of anilines is 1. The van der Waals surface area contributed by atoms with Crippen molar-refractivity contribution in [3.05, 3.63) is 58.1 Å². The Morgan fingerprint density at radius 2 is 1.92 bits per heavy atom. The summed E-state index contributed by atoms with van der Waals surface area (Å²) in [4.78, 5) is 24.0. The second-order valence-corrected chi connectivity index (χ2v) is 6.86. The molecule has 26 heavy (non-hydrogen) atoms. The van der Waals surface area contributed by atoms with E-state index in [9.17, 15) is 9.59 Å². The maximum Gasteiger partial charge on any atom is 0.259 e. The number of amides is 2. The van der Waals surface area contributed by atoms with Crippen LogP contribution in [0.4, 0.5) is 5.69 Å². The molecule has 0 heterocycles. The molecule has 0 fully saturated rings. The number of nitrogens with two attached hydrogens (primary N) is 1. The summed E-state index contributed by atoms with van der Waals surface area (Å²) in [6, 6.07) is 11.8. The Morgan fingerprint density at radius 1 is 1.12 bits per heavy atom. The fourth-order valence-corrected chi connectivity index (χ4v) is 2.83. The number of hydrogen-bond acceptors (Lipinski definition) is 3. The van der Waals surface area contributed by atoms with Gasteiger partial charge in [0.15, 0.2) is 0 Å². The lowest BCUT2D eigenvalue weighted by molar-refractivity contribution is 0.0995. The predicted molar refractivity (Wildman–Crippen MR) is 107 cm³/mol. The van der Waals surface area contributed by atoms with Crippen LogP contribution in [-0.2, 0) is 0 Å². The van der Waals surface area contributed by atoms with E-state index in [0.29, 0.717) is 29.2 Å². The summed E-state index contributed by atoms with van der Waals surface area (Å²) in [5, 5.41) is 2.78. The lowest BCUT2D eigenvalue weighted by Crippen LogP contribution is -2.15. The van der Waals surface area contributed by atoms with E-state index in [1.54, 1.807) is 36.4 Å². The number of benzene rings is 2. The van der Waals surface area contributed by atoms with Crippen molar-refractivity contribution in [2.45, 2.75) is 32.6 Å². The minimum Gasteiger partial charge on any atom is -0.493 e. The highest BCUT2D eigenvalue weighted by Gasteiger charge is 2.14. The minimum atomic E-state index is -0.542. The van der Waals surface area contributed by atoms with E-state index in [-0.39, 0.29) is 5.91 Å². The second-order valence-electron chi connectivity index (χ2n) is 5.95. The maximum absolute atomic E-state index is 12.7. The average Bonchev–Trinajstić information content (AvgIpc) is 2.62. The van der Waals surface area contributed by atoms with Crippen LogP contribution in [0.15, 0.2) is 46.9 Å². The van der Waals surface area contributed by atoms with Gasteiger partial charge in [0.05, 0.1) is 12.2 Å². The molecule has 3 N–H and O–H groups in total. The van der Waals surface area contributed by atoms with Gasteiger partial charge in [-0.25, -0.2) is 0 Å². The summed E-state index contributed by atoms with van der Waals surface area (Å²) in [5.74, 6) is -0.315. The van der Waals surface area contributed by atoms with E-state index in [2.05, 4.69) is 28.2 Å². The van der Waals surface area contributed by atoms with Gasteiger partial charge in [0, 0.05) is 15.7 Å². The molecule has 0 atom stereocenters. The molecule has 2 rings (SSSR count). The molecule has 0 unspecified atom stereocenters. The number of carbonyl (C=O) groups is 2. The molecule has 0 saturated heterocycles. The van der Waals surface area contributed by atoms with E-state index in [4.69, 9.17) is 10.5 Å². The molecular weight excluding hydrogens is 396 g/mol. The molecule has 2 aromatic carbocycles. The van der Waals surface area contributed by atoms with Crippen molar-refractivity contribution >= 4 is 33.4 Å². The van der Waals surface area contributed by atoms with Crippen LogP contribution >= 0.6 is 15.9 Å². The molecule has 0 saturated carbocycles. The molecule has 0 aromatic heterocycles. The highest BCUT2D eigenvalue weighted by molar-refractivity contribution is 9.10. The van der Waals surface area contributed by atoms with Crippen molar-refractivity contribution in [3.63, 3.8) is 0 Å². The van der Waals surface area contributed by atoms with Gasteiger partial charge in [-0.1, -0.05) is 48.2 Å². The Morgan fingerprint density at radius 3 is 2.65 bits per heavy atom. The van der Waals surface area contributed by atoms with Gasteiger partial charge in [0.2, 0.25) is 5.91 Å². The van der Waals surface area contributed by atoms with Crippen molar-refractivity contribution < 1.29 is 14.3 Å². The van der Waals surface area contributed by atoms with Crippen LogP contribution in [0.1, 0.15) is 53.3 Å². The van der Waals surface area contributed by atoms with Gasteiger partial charge in [0.1, 0.15) is 5.75 Å². The SMILES string of the molecule is CCCCCCOc1ccc(Br)cc1C(=O)Nc1cccc(C(N)=O)c1. The summed E-state index contributed by atoms with van der Waals surface area (Å²) < 4.78 is 6.59. The van der Waals surface area contributed by atoms with Crippen molar-refractivity contribution in [2.75, 3.05) is 11.9 Å². The van der Waals surface area contributed by atoms with Crippen LogP contribution in [0.25, 0.3) is 0 Å². The first-order chi connectivity index (χ1) is 12.5. The standard InChI is InChI=1S/C20H23BrN2O3/c1-2-3-4-5-11-26-18-10-9-15(21)13-17(18)20(25)23-16-8-6-7-14(12-16)19(22)24/h6-10,12-13H,2-5,11H2,1H3,(H2,22,24)(H,23,25). The van der Waals surface area contributed by atoms with Gasteiger partial charge in [0.25, 0.3) is 5.91 Å². The molecule has 2 aromatic rings. The molecule has 0 bridgehead atoms. The number of unbranched alkanes of at least 4 members (excludes halogenated alkanes) is 3. The summed E-state index contributed by atoms with van der Waals surface area (Å²) in [6.07, 6.45) is 4.39. The van der Waals surface area contributed by atoms with Gasteiger partial charge in [-0.3, -0.25) is 9.59 Å². The third-order valence-electron chi connectivity index (χ3n) is 3.85. The lowest BCUT2D eigenvalue weighted by atomic mass is 10.1. The Kier molecular flexibility index (Phi) is 7.66. The molecule has 0 aliphatic carbocycles. The fourth-order valence-electron chi connectivity index (χ4n) is 2.47. The first kappa shape index (κ1) is 20.0. The van der Waals surface area contributed by atoms with Crippen molar-refractivity contribution in [1.82, 2.24) is 0 Å². The van der Waals surface area contributed by atoms with Crippen LogP contribution in [0.5, 0.6) is 5.75 Å². The van der Waals surface area contributed by atoms with E-state index >= 15 is 0 Å². The smallest absolute Gasteiger partial charge is 0.259 e. The van der Waals surface area contributed by atoms with Crippen LogP contribution in [-0.4, -0.2) is 18.4 Å². The summed E-state index contributed by atoms with van der Waals surface area (Å²) in [5.41, 5.74) is 6.55. The molecule has 0 aliphatic rings. The molecule has 5 nitrogen and oxygen atoms in total. The van der Waals surface area contributed by atoms with E-state index in [1.807, 2.05) is 6.07 Å². The van der Waals surface area contributed by atoms with E-state index in [0.717, 1.165) is 23.7 Å². The van der Waals surface area contributed by atoms with Gasteiger partial charge < -0.3 is 15.8 Å². The third kappa shape index (κ3) is 5.88. The molecule has 2 amide bonds. The number of ether oxygens (including phenoxy) is 1. The van der Waals surface area contributed by atoms with Gasteiger partial charge in [-0.15, -0.1) is 0 Å². The molecule has 6 heteroatoms. The quantitative estimate of drug-likeness (QED) is 0.575. The second kappa shape index (κ2) is 9.97. The Balaban J connectivity index is 2.10. The van der Waals surface area contributed by atoms with Gasteiger partial charge in [-0.05, 0) is 42.8 Å². The molecule has 0 radical (unpaired) electrons. The first-order valence-corrected chi connectivity index (χ1v) is 9.44. The molecule has 138 valence electrons. The Hall–Kier alpha value is -2.34. The van der Waals surface area contributed by atoms with Gasteiger partial charge >= 0.3 is 0 Å². The number of primary amides is 1. The van der Waals surface area contributed by atoms with Gasteiger partial charge in [-0.2, -0.15) is 0 Å². The van der Waals surface area contributed by atoms with Crippen LogP contribution in [0.3, 0.4) is 0 Å². The third-order valence-corrected chi connectivity index (χ3v) is 4.34. The summed E-state index contributed by atoms with van der Waals surface area (Å²) in [6.45, 7) is 2.73. The highest BCUT2D eigenvalue weighted by Crippen LogP contribution is 2.25. The number of halogens is 1. The number of rotatable bonds is 9. The topological polar surface area (TPSA) is 81.4 Å². The Bertz CT molecular complexity index is 777. The summed E-state index contributed by atoms with van der Waals surface area (Å²) >= 11 is 3.39. The maximum atomic E-state index is 12.7. The number of hydrogen-bond donors (Lipinski definition) is 2. The van der Waals surface area contributed by atoms with E-state index in [1.165, 1.54) is 6.42 Å². The zero-order valence-electron chi connectivity index (χ0n) is 14.8. The molecule has 0 aliphatic heterocycles. The van der Waals surface area contributed by atoms with Crippen molar-refractivity contribution in [1.29, 1.82) is 0 Å². The summed E-state index contributed by atoms with van der Waals surface area (Å²) in [7, 11) is 0. The zero-order valence-corrected chi connectivity index (χ0v) is 16.3. The normalized spacial score (nSPS) is 10.4. The predicted octanol–water partition coefficient (Wildman–Crippen LogP) is 4.76. The monoisotopic (exact) mass is 418 g/mol. The minimum absolute atomic E-state index is 0.309. The number of nitrogens with one attached hydrogen (secondary N) is 1. The largest absolute Gasteiger partial charge is 0.493 e. The molecule has 0 spiro atoms. The van der Waals surface area contributed by atoms with E-state index < -0.39 is 5.91 Å². The van der Waals surface area contributed by atoms with Crippen LogP contribution < -0.4 is 15.8 Å². The fraction of sp³-hybridized carbons (Fsp3) is 0.300. The van der Waals surface area contributed by atoms with Crippen molar-refractivity contribution in [3.8, 4) is 5.75 Å². The highest BCUT2D eigenvalue weighted by atomic mass is 79.9. The van der Waals surface area contributed by atoms with Crippen LogP contribution in [0.2, 0.25) is 0 Å². The lowest BCUT2D eigenvalue weighted by Gasteiger charge is -2.13. The molecular formula is C20H23BrN2O3. The number of carbonyl (C=O) groups excluding carboxylic acids is 2. The zero-order chi connectivity index (χ0) is 18.9.